The van der Waals surface area contributed by atoms with Crippen molar-refractivity contribution in [3.8, 4) is 11.3 Å². The standard InChI is InChI=1S/C13H15ClFN3/c1-3-4-9-12(17-18(2)13(9)16)8-5-6-10(14)11(15)7-8/h5-7H,3-4,16H2,1-2H3. The molecule has 0 amide bonds. The first-order valence-corrected chi connectivity index (χ1v) is 6.19. The molecule has 2 N–H and O–H groups in total. The molecule has 0 fully saturated rings. The minimum absolute atomic E-state index is 0.111. The highest BCUT2D eigenvalue weighted by atomic mass is 35.5. The number of halogens is 2. The average Bonchev–Trinajstić information content (AvgIpc) is 2.61. The van der Waals surface area contributed by atoms with Gasteiger partial charge in [0.15, 0.2) is 0 Å². The quantitative estimate of drug-likeness (QED) is 0.926. The van der Waals surface area contributed by atoms with Gasteiger partial charge in [0.2, 0.25) is 0 Å². The molecule has 0 aliphatic carbocycles. The maximum absolute atomic E-state index is 13.5. The van der Waals surface area contributed by atoms with Crippen LogP contribution >= 0.6 is 11.6 Å². The summed E-state index contributed by atoms with van der Waals surface area (Å²) in [5.41, 5.74) is 8.37. The van der Waals surface area contributed by atoms with E-state index in [4.69, 9.17) is 17.3 Å². The molecule has 5 heteroatoms. The van der Waals surface area contributed by atoms with Gasteiger partial charge in [-0.05, 0) is 18.6 Å². The lowest BCUT2D eigenvalue weighted by molar-refractivity contribution is 0.628. The number of aryl methyl sites for hydroxylation is 1. The van der Waals surface area contributed by atoms with Crippen LogP contribution in [0.3, 0.4) is 0 Å². The van der Waals surface area contributed by atoms with Crippen molar-refractivity contribution in [2.75, 3.05) is 5.73 Å². The summed E-state index contributed by atoms with van der Waals surface area (Å²) >= 11 is 5.68. The Morgan fingerprint density at radius 1 is 1.44 bits per heavy atom. The Kier molecular flexibility index (Phi) is 3.57. The fraction of sp³-hybridized carbons (Fsp3) is 0.308. The summed E-state index contributed by atoms with van der Waals surface area (Å²) in [6, 6.07) is 4.68. The summed E-state index contributed by atoms with van der Waals surface area (Å²) in [4.78, 5) is 0. The van der Waals surface area contributed by atoms with Crippen LogP contribution in [0.2, 0.25) is 5.02 Å². The highest BCUT2D eigenvalue weighted by molar-refractivity contribution is 6.30. The van der Waals surface area contributed by atoms with E-state index in [1.54, 1.807) is 17.8 Å². The SMILES string of the molecule is CCCc1c(-c2ccc(Cl)c(F)c2)nn(C)c1N. The van der Waals surface area contributed by atoms with Gasteiger partial charge in [0.05, 0.1) is 10.7 Å². The lowest BCUT2D eigenvalue weighted by atomic mass is 10.0. The van der Waals surface area contributed by atoms with Crippen LogP contribution in [0.5, 0.6) is 0 Å². The molecule has 0 aliphatic rings. The molecule has 96 valence electrons. The minimum atomic E-state index is -0.444. The third-order valence-electron chi connectivity index (χ3n) is 2.89. The Morgan fingerprint density at radius 3 is 2.78 bits per heavy atom. The van der Waals surface area contributed by atoms with Crippen LogP contribution in [-0.4, -0.2) is 9.78 Å². The Hall–Kier alpha value is -1.55. The molecule has 0 saturated heterocycles. The van der Waals surface area contributed by atoms with Gasteiger partial charge in [0.25, 0.3) is 0 Å². The summed E-state index contributed by atoms with van der Waals surface area (Å²) in [6.45, 7) is 2.07. The van der Waals surface area contributed by atoms with E-state index in [0.717, 1.165) is 24.1 Å². The van der Waals surface area contributed by atoms with E-state index in [-0.39, 0.29) is 5.02 Å². The summed E-state index contributed by atoms with van der Waals surface area (Å²) in [5, 5.41) is 4.46. The van der Waals surface area contributed by atoms with Gasteiger partial charge < -0.3 is 5.73 Å². The van der Waals surface area contributed by atoms with Crippen LogP contribution in [0, 0.1) is 5.82 Å². The molecular weight excluding hydrogens is 253 g/mol. The van der Waals surface area contributed by atoms with Crippen molar-refractivity contribution in [3.63, 3.8) is 0 Å². The van der Waals surface area contributed by atoms with E-state index < -0.39 is 5.82 Å². The van der Waals surface area contributed by atoms with Crippen LogP contribution in [0.15, 0.2) is 18.2 Å². The van der Waals surface area contributed by atoms with Crippen LogP contribution in [0.4, 0.5) is 10.2 Å². The molecule has 2 rings (SSSR count). The number of anilines is 1. The van der Waals surface area contributed by atoms with Gasteiger partial charge in [-0.25, -0.2) is 4.39 Å². The number of benzene rings is 1. The normalized spacial score (nSPS) is 10.9. The summed E-state index contributed by atoms with van der Waals surface area (Å²) in [5.74, 6) is 0.183. The first kappa shape index (κ1) is 12.9. The van der Waals surface area contributed by atoms with E-state index >= 15 is 0 Å². The zero-order valence-electron chi connectivity index (χ0n) is 10.4. The first-order chi connectivity index (χ1) is 8.54. The second-order valence-electron chi connectivity index (χ2n) is 4.21. The van der Waals surface area contributed by atoms with Crippen molar-refractivity contribution in [2.24, 2.45) is 7.05 Å². The lowest BCUT2D eigenvalue weighted by Crippen LogP contribution is -1.99. The molecule has 0 saturated carbocycles. The van der Waals surface area contributed by atoms with Gasteiger partial charge in [0, 0.05) is 18.2 Å². The molecule has 0 atom stereocenters. The molecule has 18 heavy (non-hydrogen) atoms. The Labute approximate surface area is 110 Å². The largest absolute Gasteiger partial charge is 0.384 e. The van der Waals surface area contributed by atoms with Crippen molar-refractivity contribution in [2.45, 2.75) is 19.8 Å². The predicted molar refractivity (Wildman–Crippen MR) is 72.0 cm³/mol. The number of hydrogen-bond donors (Lipinski definition) is 1. The smallest absolute Gasteiger partial charge is 0.142 e. The molecule has 3 nitrogen and oxygen atoms in total. The Bertz CT molecular complexity index is 578. The van der Waals surface area contributed by atoms with Crippen molar-refractivity contribution in [3.05, 3.63) is 34.6 Å². The van der Waals surface area contributed by atoms with Crippen LogP contribution in [0.25, 0.3) is 11.3 Å². The maximum Gasteiger partial charge on any atom is 0.142 e. The molecule has 0 unspecified atom stereocenters. The van der Waals surface area contributed by atoms with Crippen molar-refractivity contribution in [1.29, 1.82) is 0 Å². The van der Waals surface area contributed by atoms with Gasteiger partial charge in [-0.15, -0.1) is 0 Å². The molecule has 1 heterocycles. The molecule has 2 aromatic rings. The first-order valence-electron chi connectivity index (χ1n) is 5.81. The van der Waals surface area contributed by atoms with Gasteiger partial charge >= 0.3 is 0 Å². The highest BCUT2D eigenvalue weighted by Gasteiger charge is 2.15. The van der Waals surface area contributed by atoms with E-state index in [9.17, 15) is 4.39 Å². The number of hydrogen-bond acceptors (Lipinski definition) is 2. The van der Waals surface area contributed by atoms with Crippen molar-refractivity contribution in [1.82, 2.24) is 9.78 Å². The van der Waals surface area contributed by atoms with Gasteiger partial charge in [0.1, 0.15) is 11.6 Å². The van der Waals surface area contributed by atoms with Gasteiger partial charge in [-0.2, -0.15) is 5.10 Å². The Balaban J connectivity index is 2.55. The number of aromatic nitrogens is 2. The highest BCUT2D eigenvalue weighted by Crippen LogP contribution is 2.29. The monoisotopic (exact) mass is 267 g/mol. The van der Waals surface area contributed by atoms with Gasteiger partial charge in [-0.1, -0.05) is 31.0 Å². The zero-order valence-corrected chi connectivity index (χ0v) is 11.1. The molecule has 0 spiro atoms. The summed E-state index contributed by atoms with van der Waals surface area (Å²) in [7, 11) is 1.78. The van der Waals surface area contributed by atoms with Crippen LogP contribution in [0.1, 0.15) is 18.9 Å². The molecule has 0 bridgehead atoms. The lowest BCUT2D eigenvalue weighted by Gasteiger charge is -2.03. The number of nitrogen functional groups attached to an aromatic ring is 1. The molecule has 1 aromatic heterocycles. The van der Waals surface area contributed by atoms with Gasteiger partial charge in [-0.3, -0.25) is 4.68 Å². The van der Waals surface area contributed by atoms with E-state index in [1.165, 1.54) is 12.1 Å². The van der Waals surface area contributed by atoms with Crippen LogP contribution in [-0.2, 0) is 13.5 Å². The topological polar surface area (TPSA) is 43.8 Å². The van der Waals surface area contributed by atoms with E-state index in [2.05, 4.69) is 12.0 Å². The fourth-order valence-corrected chi connectivity index (χ4v) is 2.07. The molecule has 1 aromatic carbocycles. The molecule has 0 aliphatic heterocycles. The van der Waals surface area contributed by atoms with Crippen molar-refractivity contribution < 1.29 is 4.39 Å². The second-order valence-corrected chi connectivity index (χ2v) is 4.62. The molecular formula is C13H15ClFN3. The summed E-state index contributed by atoms with van der Waals surface area (Å²) < 4.78 is 15.1. The van der Waals surface area contributed by atoms with E-state index in [0.29, 0.717) is 11.4 Å². The Morgan fingerprint density at radius 2 is 2.17 bits per heavy atom. The number of rotatable bonds is 3. The molecule has 0 radical (unpaired) electrons. The fourth-order valence-electron chi connectivity index (χ4n) is 1.95. The number of nitrogens with two attached hydrogens (primary N) is 1. The summed E-state index contributed by atoms with van der Waals surface area (Å²) in [6.07, 6.45) is 1.78. The van der Waals surface area contributed by atoms with E-state index in [1.807, 2.05) is 0 Å². The third-order valence-corrected chi connectivity index (χ3v) is 3.19. The maximum atomic E-state index is 13.5. The predicted octanol–water partition coefficient (Wildman–Crippen LogP) is 3.41. The minimum Gasteiger partial charge on any atom is -0.384 e. The zero-order chi connectivity index (χ0) is 13.3. The third kappa shape index (κ3) is 2.20. The average molecular weight is 268 g/mol. The van der Waals surface area contributed by atoms with Crippen LogP contribution < -0.4 is 5.73 Å². The second kappa shape index (κ2) is 4.98. The van der Waals surface area contributed by atoms with Crippen molar-refractivity contribution >= 4 is 17.4 Å². The number of nitrogens with zero attached hydrogens (tertiary/aromatic N) is 2.